The fourth-order valence-corrected chi connectivity index (χ4v) is 4.17. The average Bonchev–Trinajstić information content (AvgIpc) is 2.34. The monoisotopic (exact) mass is 266 g/mol. The van der Waals surface area contributed by atoms with Gasteiger partial charge in [0.1, 0.15) is 0 Å². The number of piperidine rings is 1. The van der Waals surface area contributed by atoms with Gasteiger partial charge in [-0.25, -0.2) is 0 Å². The summed E-state index contributed by atoms with van der Waals surface area (Å²) in [6.45, 7) is 12.1. The van der Waals surface area contributed by atoms with E-state index in [-0.39, 0.29) is 0 Å². The maximum absolute atomic E-state index is 6.40. The van der Waals surface area contributed by atoms with Gasteiger partial charge in [-0.3, -0.25) is 0 Å². The lowest BCUT2D eigenvalue weighted by atomic mass is 9.73. The molecular weight excluding hydrogens is 232 g/mol. The highest BCUT2D eigenvalue weighted by atomic mass is 15.2. The predicted octanol–water partition coefficient (Wildman–Crippen LogP) is 3.51. The van der Waals surface area contributed by atoms with E-state index in [2.05, 4.69) is 32.6 Å². The summed E-state index contributed by atoms with van der Waals surface area (Å²) in [4.78, 5) is 2.72. The van der Waals surface area contributed by atoms with Crippen LogP contribution in [0.2, 0.25) is 0 Å². The highest BCUT2D eigenvalue weighted by molar-refractivity contribution is 4.88. The normalized spacial score (nSPS) is 41.7. The summed E-state index contributed by atoms with van der Waals surface area (Å²) in [6.07, 6.45) is 6.70. The zero-order chi connectivity index (χ0) is 14.0. The predicted molar refractivity (Wildman–Crippen MR) is 83.1 cm³/mol. The van der Waals surface area contributed by atoms with Gasteiger partial charge < -0.3 is 10.6 Å². The molecule has 0 aromatic carbocycles. The molecule has 1 aliphatic heterocycles. The van der Waals surface area contributed by atoms with Crippen LogP contribution in [0.25, 0.3) is 0 Å². The highest BCUT2D eigenvalue weighted by Crippen LogP contribution is 2.34. The number of nitrogens with zero attached hydrogens (tertiary/aromatic N) is 1. The van der Waals surface area contributed by atoms with Crippen molar-refractivity contribution in [3.63, 3.8) is 0 Å². The summed E-state index contributed by atoms with van der Waals surface area (Å²) < 4.78 is 0. The van der Waals surface area contributed by atoms with Crippen LogP contribution in [0.5, 0.6) is 0 Å². The Kier molecular flexibility index (Phi) is 5.30. The maximum Gasteiger partial charge on any atom is 0.00795 e. The minimum absolute atomic E-state index is 0.446. The minimum atomic E-state index is 0.446. The molecule has 2 heteroatoms. The molecule has 0 spiro atoms. The lowest BCUT2D eigenvalue weighted by Crippen LogP contribution is -2.48. The van der Waals surface area contributed by atoms with E-state index < -0.39 is 0 Å². The molecule has 1 saturated heterocycles. The highest BCUT2D eigenvalue weighted by Gasteiger charge is 2.33. The molecule has 2 N–H and O–H groups in total. The van der Waals surface area contributed by atoms with E-state index in [1.807, 2.05) is 0 Å². The van der Waals surface area contributed by atoms with Crippen molar-refractivity contribution < 1.29 is 0 Å². The van der Waals surface area contributed by atoms with Gasteiger partial charge in [0.25, 0.3) is 0 Å². The maximum atomic E-state index is 6.40. The standard InChI is InChI=1S/C17H34N2/c1-12(2)15-5-6-17(18)16(10-15)11-19-8-7-13(3)9-14(19)4/h12-17H,5-11,18H2,1-4H3. The topological polar surface area (TPSA) is 29.3 Å². The third-order valence-corrected chi connectivity index (χ3v) is 5.77. The molecule has 2 rings (SSSR count). The Morgan fingerprint density at radius 3 is 2.47 bits per heavy atom. The van der Waals surface area contributed by atoms with Crippen molar-refractivity contribution in [3.8, 4) is 0 Å². The van der Waals surface area contributed by atoms with E-state index in [1.165, 1.54) is 45.2 Å². The zero-order valence-electron chi connectivity index (χ0n) is 13.4. The second kappa shape index (κ2) is 6.58. The van der Waals surface area contributed by atoms with Gasteiger partial charge in [0.05, 0.1) is 0 Å². The first-order valence-corrected chi connectivity index (χ1v) is 8.47. The van der Waals surface area contributed by atoms with Crippen molar-refractivity contribution in [2.24, 2.45) is 29.4 Å². The molecule has 2 nitrogen and oxygen atoms in total. The van der Waals surface area contributed by atoms with Crippen molar-refractivity contribution in [2.45, 2.75) is 71.9 Å². The number of nitrogens with two attached hydrogens (primary N) is 1. The van der Waals surface area contributed by atoms with E-state index in [9.17, 15) is 0 Å². The van der Waals surface area contributed by atoms with Crippen LogP contribution in [0.4, 0.5) is 0 Å². The van der Waals surface area contributed by atoms with Crippen LogP contribution >= 0.6 is 0 Å². The first-order chi connectivity index (χ1) is 8.97. The third kappa shape index (κ3) is 3.95. The molecule has 0 bridgehead atoms. The smallest absolute Gasteiger partial charge is 0.00795 e. The van der Waals surface area contributed by atoms with Crippen LogP contribution in [-0.4, -0.2) is 30.1 Å². The van der Waals surface area contributed by atoms with Crippen LogP contribution in [-0.2, 0) is 0 Å². The van der Waals surface area contributed by atoms with Crippen molar-refractivity contribution >= 4 is 0 Å². The molecule has 5 atom stereocenters. The SMILES string of the molecule is CC1CCN(CC2CC(C(C)C)CCC2N)C(C)C1. The van der Waals surface area contributed by atoms with Crippen molar-refractivity contribution in [1.82, 2.24) is 4.90 Å². The molecular formula is C17H34N2. The van der Waals surface area contributed by atoms with Gasteiger partial charge in [0.15, 0.2) is 0 Å². The Morgan fingerprint density at radius 1 is 1.11 bits per heavy atom. The Labute approximate surface area is 120 Å². The van der Waals surface area contributed by atoms with Crippen LogP contribution in [0.3, 0.4) is 0 Å². The van der Waals surface area contributed by atoms with Gasteiger partial charge in [-0.05, 0) is 69.2 Å². The number of hydrogen-bond acceptors (Lipinski definition) is 2. The van der Waals surface area contributed by atoms with Crippen molar-refractivity contribution in [2.75, 3.05) is 13.1 Å². The average molecular weight is 266 g/mol. The van der Waals surface area contributed by atoms with Crippen LogP contribution in [0.15, 0.2) is 0 Å². The van der Waals surface area contributed by atoms with Crippen molar-refractivity contribution in [3.05, 3.63) is 0 Å². The summed E-state index contributed by atoms with van der Waals surface area (Å²) >= 11 is 0. The number of likely N-dealkylation sites (tertiary alicyclic amines) is 1. The van der Waals surface area contributed by atoms with Crippen molar-refractivity contribution in [1.29, 1.82) is 0 Å². The van der Waals surface area contributed by atoms with Crippen LogP contribution in [0.1, 0.15) is 59.8 Å². The second-order valence-corrected chi connectivity index (χ2v) is 7.71. The minimum Gasteiger partial charge on any atom is -0.327 e. The molecule has 5 unspecified atom stereocenters. The fraction of sp³-hybridized carbons (Fsp3) is 1.00. The molecule has 1 saturated carbocycles. The summed E-state index contributed by atoms with van der Waals surface area (Å²) in [6, 6.07) is 1.21. The Balaban J connectivity index is 1.89. The largest absolute Gasteiger partial charge is 0.327 e. The molecule has 0 aromatic heterocycles. The van der Waals surface area contributed by atoms with E-state index in [0.717, 1.165) is 29.7 Å². The Morgan fingerprint density at radius 2 is 1.84 bits per heavy atom. The molecule has 112 valence electrons. The van der Waals surface area contributed by atoms with Gasteiger partial charge in [-0.2, -0.15) is 0 Å². The molecule has 0 aromatic rings. The zero-order valence-corrected chi connectivity index (χ0v) is 13.4. The van der Waals surface area contributed by atoms with Gasteiger partial charge in [0, 0.05) is 18.6 Å². The van der Waals surface area contributed by atoms with Gasteiger partial charge in [0.2, 0.25) is 0 Å². The molecule has 19 heavy (non-hydrogen) atoms. The molecule has 2 fully saturated rings. The molecule has 0 amide bonds. The van der Waals surface area contributed by atoms with Crippen LogP contribution in [0, 0.1) is 23.7 Å². The van der Waals surface area contributed by atoms with Gasteiger partial charge >= 0.3 is 0 Å². The Hall–Kier alpha value is -0.0800. The fourth-order valence-electron chi connectivity index (χ4n) is 4.17. The lowest BCUT2D eigenvalue weighted by Gasteiger charge is -2.43. The molecule has 1 heterocycles. The summed E-state index contributed by atoms with van der Waals surface area (Å²) in [5.41, 5.74) is 6.40. The molecule has 0 radical (unpaired) electrons. The first-order valence-electron chi connectivity index (χ1n) is 8.47. The molecule has 1 aliphatic carbocycles. The van der Waals surface area contributed by atoms with E-state index in [0.29, 0.717) is 6.04 Å². The lowest BCUT2D eigenvalue weighted by molar-refractivity contribution is 0.0778. The van der Waals surface area contributed by atoms with Gasteiger partial charge in [-0.15, -0.1) is 0 Å². The van der Waals surface area contributed by atoms with Gasteiger partial charge in [-0.1, -0.05) is 20.8 Å². The number of hydrogen-bond donors (Lipinski definition) is 1. The second-order valence-electron chi connectivity index (χ2n) is 7.71. The number of rotatable bonds is 3. The van der Waals surface area contributed by atoms with E-state index in [4.69, 9.17) is 5.73 Å². The summed E-state index contributed by atoms with van der Waals surface area (Å²) in [7, 11) is 0. The van der Waals surface area contributed by atoms with Crippen LogP contribution < -0.4 is 5.73 Å². The van der Waals surface area contributed by atoms with E-state index in [1.54, 1.807) is 0 Å². The Bertz CT molecular complexity index is 276. The summed E-state index contributed by atoms with van der Waals surface area (Å²) in [5.74, 6) is 3.38. The molecule has 2 aliphatic rings. The quantitative estimate of drug-likeness (QED) is 0.847. The third-order valence-electron chi connectivity index (χ3n) is 5.77. The summed E-state index contributed by atoms with van der Waals surface area (Å²) in [5, 5.41) is 0. The first kappa shape index (κ1) is 15.3. The van der Waals surface area contributed by atoms with E-state index >= 15 is 0 Å².